The zero-order valence-corrected chi connectivity index (χ0v) is 18.9. The molecule has 0 saturated carbocycles. The molecule has 1 aliphatic heterocycles. The van der Waals surface area contributed by atoms with Crippen LogP contribution in [0.4, 0.5) is 5.69 Å². The fourth-order valence-corrected chi connectivity index (χ4v) is 5.24. The molecule has 8 nitrogen and oxygen atoms in total. The highest BCUT2D eigenvalue weighted by atomic mass is 35.5. The summed E-state index contributed by atoms with van der Waals surface area (Å²) >= 11 is 6.14. The summed E-state index contributed by atoms with van der Waals surface area (Å²) in [5.41, 5.74) is 0.995. The van der Waals surface area contributed by atoms with E-state index in [2.05, 4.69) is 5.32 Å². The van der Waals surface area contributed by atoms with Crippen molar-refractivity contribution in [2.24, 2.45) is 0 Å². The minimum absolute atomic E-state index is 0.0273. The van der Waals surface area contributed by atoms with Crippen LogP contribution in [0.3, 0.4) is 0 Å². The second kappa shape index (κ2) is 10.5. The molecule has 1 fully saturated rings. The van der Waals surface area contributed by atoms with E-state index in [4.69, 9.17) is 26.3 Å². The van der Waals surface area contributed by atoms with Gasteiger partial charge in [-0.1, -0.05) is 17.7 Å². The van der Waals surface area contributed by atoms with Gasteiger partial charge in [-0.3, -0.25) is 4.79 Å². The maximum absolute atomic E-state index is 12.8. The number of methoxy groups -OCH3 is 1. The largest absolute Gasteiger partial charge is 0.493 e. The van der Waals surface area contributed by atoms with Gasteiger partial charge in [0.05, 0.1) is 12.1 Å². The van der Waals surface area contributed by atoms with Gasteiger partial charge >= 0.3 is 0 Å². The Balaban J connectivity index is 1.72. The average molecular weight is 476 g/mol. The lowest BCUT2D eigenvalue weighted by Crippen LogP contribution is -2.28. The molecular weight excluding hydrogens is 454 g/mol. The van der Waals surface area contributed by atoms with Crippen LogP contribution >= 0.6 is 11.6 Å². The van der Waals surface area contributed by atoms with Crippen LogP contribution in [0.25, 0.3) is 6.08 Å². The highest BCUT2D eigenvalue weighted by molar-refractivity contribution is 7.89. The Morgan fingerprint density at radius 3 is 2.66 bits per heavy atom. The van der Waals surface area contributed by atoms with Gasteiger partial charge in [0.15, 0.2) is 18.1 Å². The van der Waals surface area contributed by atoms with Crippen LogP contribution in [-0.2, 0) is 14.8 Å². The normalized spacial score (nSPS) is 14.3. The van der Waals surface area contributed by atoms with E-state index < -0.39 is 15.9 Å². The number of hydrogen-bond acceptors (Lipinski definition) is 6. The van der Waals surface area contributed by atoms with Crippen LogP contribution < -0.4 is 14.8 Å². The summed E-state index contributed by atoms with van der Waals surface area (Å²) in [6, 6.07) is 11.3. The van der Waals surface area contributed by atoms with E-state index in [1.807, 2.05) is 6.07 Å². The highest BCUT2D eigenvalue weighted by Crippen LogP contribution is 2.30. The van der Waals surface area contributed by atoms with Gasteiger partial charge in [0.2, 0.25) is 15.9 Å². The van der Waals surface area contributed by atoms with Gasteiger partial charge in [0, 0.05) is 24.9 Å². The smallest absolute Gasteiger partial charge is 0.248 e. The van der Waals surface area contributed by atoms with E-state index in [9.17, 15) is 13.2 Å². The van der Waals surface area contributed by atoms with E-state index in [0.29, 0.717) is 35.8 Å². The average Bonchev–Trinajstić information content (AvgIpc) is 3.33. The highest BCUT2D eigenvalue weighted by Gasteiger charge is 2.29. The molecule has 3 rings (SSSR count). The second-order valence-electron chi connectivity index (χ2n) is 6.94. The van der Waals surface area contributed by atoms with Gasteiger partial charge in [-0.05, 0) is 54.8 Å². The van der Waals surface area contributed by atoms with E-state index in [1.165, 1.54) is 29.6 Å². The molecule has 0 aromatic heterocycles. The molecule has 1 saturated heterocycles. The fraction of sp³-hybridized carbons (Fsp3) is 0.273. The molecule has 1 aliphatic rings. The summed E-state index contributed by atoms with van der Waals surface area (Å²) < 4.78 is 37.6. The predicted molar refractivity (Wildman–Crippen MR) is 121 cm³/mol. The van der Waals surface area contributed by atoms with Crippen molar-refractivity contribution >= 4 is 39.3 Å². The van der Waals surface area contributed by atoms with Crippen LogP contribution in [0, 0.1) is 11.3 Å². The SMILES string of the molecule is COc1cc(C=CC(=O)Nc2ccc(Cl)c(S(=O)(=O)N3CCCC3)c2)ccc1OCC#N. The lowest BCUT2D eigenvalue weighted by molar-refractivity contribution is -0.111. The number of carbonyl (C=O) groups excluding carboxylic acids is 1. The summed E-state index contributed by atoms with van der Waals surface area (Å²) in [7, 11) is -2.24. The number of ether oxygens (including phenoxy) is 2. The Labute approximate surface area is 192 Å². The summed E-state index contributed by atoms with van der Waals surface area (Å²) in [5.74, 6) is 0.404. The quantitative estimate of drug-likeness (QED) is 0.583. The van der Waals surface area contributed by atoms with Crippen molar-refractivity contribution in [3.05, 3.63) is 53.1 Å². The number of carbonyl (C=O) groups is 1. The van der Waals surface area contributed by atoms with Crippen LogP contribution in [-0.4, -0.2) is 45.4 Å². The first-order chi connectivity index (χ1) is 15.3. The molecule has 2 aromatic rings. The Kier molecular flexibility index (Phi) is 7.75. The number of sulfonamides is 1. The zero-order valence-electron chi connectivity index (χ0n) is 17.4. The monoisotopic (exact) mass is 475 g/mol. The first-order valence-electron chi connectivity index (χ1n) is 9.81. The third-order valence-corrected chi connectivity index (χ3v) is 7.17. The summed E-state index contributed by atoms with van der Waals surface area (Å²) in [6.07, 6.45) is 4.51. The van der Waals surface area contributed by atoms with Gasteiger partial charge in [-0.25, -0.2) is 8.42 Å². The van der Waals surface area contributed by atoms with E-state index in [1.54, 1.807) is 30.3 Å². The molecule has 168 valence electrons. The van der Waals surface area contributed by atoms with E-state index in [-0.39, 0.29) is 16.5 Å². The number of nitriles is 1. The molecule has 32 heavy (non-hydrogen) atoms. The number of amides is 1. The molecule has 10 heteroatoms. The van der Waals surface area contributed by atoms with Crippen LogP contribution in [0.2, 0.25) is 5.02 Å². The van der Waals surface area contributed by atoms with Gasteiger partial charge in [0.25, 0.3) is 0 Å². The topological polar surface area (TPSA) is 109 Å². The van der Waals surface area contributed by atoms with Crippen molar-refractivity contribution < 1.29 is 22.7 Å². The number of nitrogens with one attached hydrogen (secondary N) is 1. The fourth-order valence-electron chi connectivity index (χ4n) is 3.22. The van der Waals surface area contributed by atoms with Crippen molar-refractivity contribution in [3.8, 4) is 17.6 Å². The maximum Gasteiger partial charge on any atom is 0.248 e. The molecule has 0 spiro atoms. The van der Waals surface area contributed by atoms with Crippen LogP contribution in [0.5, 0.6) is 11.5 Å². The van der Waals surface area contributed by atoms with Crippen LogP contribution in [0.1, 0.15) is 18.4 Å². The Hall–Kier alpha value is -3.06. The van der Waals surface area contributed by atoms with E-state index in [0.717, 1.165) is 12.8 Å². The molecular formula is C22H22ClN3O5S. The number of benzene rings is 2. The summed E-state index contributed by atoms with van der Waals surface area (Å²) in [5, 5.41) is 11.4. The Morgan fingerprint density at radius 2 is 1.97 bits per heavy atom. The van der Waals surface area contributed by atoms with Gasteiger partial charge in [-0.2, -0.15) is 9.57 Å². The number of anilines is 1. The third-order valence-electron chi connectivity index (χ3n) is 4.79. The Bertz CT molecular complexity index is 1170. The van der Waals surface area contributed by atoms with Crippen molar-refractivity contribution in [2.75, 3.05) is 32.1 Å². The zero-order chi connectivity index (χ0) is 23.1. The molecule has 0 aliphatic carbocycles. The van der Waals surface area contributed by atoms with Gasteiger partial charge in [-0.15, -0.1) is 0 Å². The molecule has 1 N–H and O–H groups in total. The number of nitrogens with zero attached hydrogens (tertiary/aromatic N) is 2. The first-order valence-corrected chi connectivity index (χ1v) is 11.6. The number of halogens is 1. The molecule has 0 atom stereocenters. The molecule has 2 aromatic carbocycles. The Morgan fingerprint density at radius 1 is 1.22 bits per heavy atom. The van der Waals surface area contributed by atoms with Gasteiger partial charge in [0.1, 0.15) is 11.0 Å². The second-order valence-corrected chi connectivity index (χ2v) is 9.25. The summed E-state index contributed by atoms with van der Waals surface area (Å²) in [6.45, 7) is 0.814. The maximum atomic E-state index is 12.8. The molecule has 0 bridgehead atoms. The van der Waals surface area contributed by atoms with Gasteiger partial charge < -0.3 is 14.8 Å². The number of rotatable bonds is 8. The minimum atomic E-state index is -3.72. The van der Waals surface area contributed by atoms with Crippen molar-refractivity contribution in [1.29, 1.82) is 5.26 Å². The van der Waals surface area contributed by atoms with Crippen molar-refractivity contribution in [1.82, 2.24) is 4.31 Å². The van der Waals surface area contributed by atoms with Crippen molar-refractivity contribution in [2.45, 2.75) is 17.7 Å². The predicted octanol–water partition coefficient (Wildman–Crippen LogP) is 3.69. The van der Waals surface area contributed by atoms with E-state index >= 15 is 0 Å². The summed E-state index contributed by atoms with van der Waals surface area (Å²) in [4.78, 5) is 12.3. The lowest BCUT2D eigenvalue weighted by Gasteiger charge is -2.17. The van der Waals surface area contributed by atoms with Crippen LogP contribution in [0.15, 0.2) is 47.4 Å². The number of hydrogen-bond donors (Lipinski definition) is 1. The minimum Gasteiger partial charge on any atom is -0.493 e. The molecule has 1 amide bonds. The standard InChI is InChI=1S/C22H22ClN3O5S/c1-30-20-14-16(4-8-19(20)31-13-10-24)5-9-22(27)25-17-6-7-18(23)21(15-17)32(28,29)26-11-2-3-12-26/h4-9,14-15H,2-3,11-13H2,1H3,(H,25,27). The molecule has 0 unspecified atom stereocenters. The molecule has 1 heterocycles. The lowest BCUT2D eigenvalue weighted by atomic mass is 10.2. The first kappa shape index (κ1) is 23.6. The van der Waals surface area contributed by atoms with Crippen molar-refractivity contribution in [3.63, 3.8) is 0 Å². The molecule has 0 radical (unpaired) electrons. The third kappa shape index (κ3) is 5.59.